The molecule has 1 atom stereocenters. The fourth-order valence-corrected chi connectivity index (χ4v) is 4.42. The van der Waals surface area contributed by atoms with Crippen LogP contribution in [0, 0.1) is 12.8 Å². The van der Waals surface area contributed by atoms with Gasteiger partial charge in [-0.2, -0.15) is 5.10 Å². The number of nitrogens with zero attached hydrogens (tertiary/aromatic N) is 1. The largest absolute Gasteiger partial charge is 0.358 e. The van der Waals surface area contributed by atoms with Crippen molar-refractivity contribution in [2.24, 2.45) is 11.0 Å². The third kappa shape index (κ3) is 3.12. The lowest BCUT2D eigenvalue weighted by atomic mass is 9.87. The molecule has 0 fully saturated rings. The van der Waals surface area contributed by atoms with Crippen LogP contribution in [-0.2, 0) is 12.8 Å². The molecule has 0 spiro atoms. The van der Waals surface area contributed by atoms with E-state index in [2.05, 4.69) is 27.4 Å². The van der Waals surface area contributed by atoms with Gasteiger partial charge >= 0.3 is 0 Å². The minimum atomic E-state index is -0.195. The maximum absolute atomic E-state index is 12.7. The molecule has 5 heteroatoms. The molecule has 5 nitrogen and oxygen atoms in total. The summed E-state index contributed by atoms with van der Waals surface area (Å²) in [6, 6.07) is 13.9. The standard InChI is InChI=1S/C24H24N4O/c1-14-7-9-22-18(11-14)19-12-16(8-10-23(19)27-22)24(29)28-25-13-20-15(2)26-21-6-4-3-5-17(20)21/h3-6,8,10,12-14,26-27H,7,9,11H2,1-2H3,(H,28,29)/b25-13-. The van der Waals surface area contributed by atoms with Gasteiger partial charge in [0, 0.05) is 44.3 Å². The number of H-pyrrole nitrogens is 2. The van der Waals surface area contributed by atoms with Crippen LogP contribution in [0.25, 0.3) is 21.8 Å². The second-order valence-electron chi connectivity index (χ2n) is 8.10. The molecule has 1 aliphatic rings. The van der Waals surface area contributed by atoms with E-state index in [1.54, 1.807) is 6.21 Å². The minimum absolute atomic E-state index is 0.195. The molecule has 2 aromatic heterocycles. The number of benzene rings is 2. The van der Waals surface area contributed by atoms with E-state index in [-0.39, 0.29) is 5.91 Å². The summed E-state index contributed by atoms with van der Waals surface area (Å²) in [6.07, 6.45) is 5.08. The van der Waals surface area contributed by atoms with Crippen molar-refractivity contribution in [1.82, 2.24) is 15.4 Å². The van der Waals surface area contributed by atoms with E-state index < -0.39 is 0 Å². The molecule has 5 rings (SSSR count). The Morgan fingerprint density at radius 1 is 1.14 bits per heavy atom. The highest BCUT2D eigenvalue weighted by molar-refractivity contribution is 6.02. The Labute approximate surface area is 169 Å². The van der Waals surface area contributed by atoms with E-state index in [1.165, 1.54) is 17.7 Å². The van der Waals surface area contributed by atoms with Gasteiger partial charge in [0.1, 0.15) is 0 Å². The Hall–Kier alpha value is -3.34. The molecule has 3 N–H and O–H groups in total. The molecular formula is C24H24N4O. The van der Waals surface area contributed by atoms with Gasteiger partial charge in [-0.05, 0) is 61.9 Å². The first-order chi connectivity index (χ1) is 14.1. The smallest absolute Gasteiger partial charge is 0.271 e. The second-order valence-corrected chi connectivity index (χ2v) is 8.10. The average Bonchev–Trinajstić information content (AvgIpc) is 3.24. The zero-order chi connectivity index (χ0) is 20.0. The van der Waals surface area contributed by atoms with Crippen LogP contribution in [0.3, 0.4) is 0 Å². The highest BCUT2D eigenvalue weighted by Crippen LogP contribution is 2.32. The molecule has 0 aliphatic heterocycles. The molecule has 1 unspecified atom stereocenters. The van der Waals surface area contributed by atoms with Crippen LogP contribution in [0.4, 0.5) is 0 Å². The fourth-order valence-electron chi connectivity index (χ4n) is 4.42. The van der Waals surface area contributed by atoms with Crippen molar-refractivity contribution >= 4 is 33.9 Å². The van der Waals surface area contributed by atoms with Gasteiger partial charge in [-0.3, -0.25) is 4.79 Å². The molecule has 2 aromatic carbocycles. The maximum Gasteiger partial charge on any atom is 0.271 e. The van der Waals surface area contributed by atoms with Crippen LogP contribution in [0.5, 0.6) is 0 Å². The van der Waals surface area contributed by atoms with Crippen LogP contribution in [0.15, 0.2) is 47.6 Å². The minimum Gasteiger partial charge on any atom is -0.358 e. The van der Waals surface area contributed by atoms with Gasteiger partial charge in [0.2, 0.25) is 0 Å². The van der Waals surface area contributed by atoms with Crippen molar-refractivity contribution < 1.29 is 4.79 Å². The van der Waals surface area contributed by atoms with E-state index in [0.29, 0.717) is 11.5 Å². The molecule has 146 valence electrons. The molecule has 0 bridgehead atoms. The number of hydrogen-bond donors (Lipinski definition) is 3. The molecular weight excluding hydrogens is 360 g/mol. The quantitative estimate of drug-likeness (QED) is 0.343. The van der Waals surface area contributed by atoms with Crippen molar-refractivity contribution in [3.05, 3.63) is 70.5 Å². The van der Waals surface area contributed by atoms with Gasteiger partial charge in [-0.1, -0.05) is 25.1 Å². The van der Waals surface area contributed by atoms with Crippen molar-refractivity contribution in [2.75, 3.05) is 0 Å². The average molecular weight is 384 g/mol. The van der Waals surface area contributed by atoms with E-state index in [4.69, 9.17) is 0 Å². The van der Waals surface area contributed by atoms with E-state index >= 15 is 0 Å². The number of aromatic amines is 2. The number of carbonyl (C=O) groups is 1. The van der Waals surface area contributed by atoms with Gasteiger partial charge in [0.15, 0.2) is 0 Å². The lowest BCUT2D eigenvalue weighted by molar-refractivity contribution is 0.0955. The maximum atomic E-state index is 12.7. The van der Waals surface area contributed by atoms with Crippen LogP contribution >= 0.6 is 0 Å². The van der Waals surface area contributed by atoms with Crippen LogP contribution in [0.2, 0.25) is 0 Å². The summed E-state index contributed by atoms with van der Waals surface area (Å²) in [5.41, 5.74) is 10.2. The summed E-state index contributed by atoms with van der Waals surface area (Å²) in [4.78, 5) is 19.5. The van der Waals surface area contributed by atoms with E-state index in [1.807, 2.05) is 49.4 Å². The summed E-state index contributed by atoms with van der Waals surface area (Å²) in [5, 5.41) is 6.47. The lowest BCUT2D eigenvalue weighted by Gasteiger charge is -2.18. The molecule has 2 heterocycles. The normalized spacial score (nSPS) is 16.6. The number of carbonyl (C=O) groups excluding carboxylic acids is 1. The summed E-state index contributed by atoms with van der Waals surface area (Å²) >= 11 is 0. The zero-order valence-electron chi connectivity index (χ0n) is 16.7. The number of para-hydroxylation sites is 1. The van der Waals surface area contributed by atoms with Crippen LogP contribution in [-0.4, -0.2) is 22.1 Å². The number of nitrogens with one attached hydrogen (secondary N) is 3. The number of hydrazone groups is 1. The van der Waals surface area contributed by atoms with Gasteiger partial charge in [-0.25, -0.2) is 5.43 Å². The molecule has 1 aliphatic carbocycles. The third-order valence-electron chi connectivity index (χ3n) is 6.00. The number of amides is 1. The summed E-state index contributed by atoms with van der Waals surface area (Å²) in [7, 11) is 0. The van der Waals surface area contributed by atoms with Crippen molar-refractivity contribution in [2.45, 2.75) is 33.1 Å². The summed E-state index contributed by atoms with van der Waals surface area (Å²) in [6.45, 7) is 4.30. The molecule has 4 aromatic rings. The first-order valence-corrected chi connectivity index (χ1v) is 10.1. The van der Waals surface area contributed by atoms with Gasteiger partial charge < -0.3 is 9.97 Å². The van der Waals surface area contributed by atoms with Gasteiger partial charge in [0.05, 0.1) is 6.21 Å². The second kappa shape index (κ2) is 6.92. The van der Waals surface area contributed by atoms with Crippen molar-refractivity contribution in [1.29, 1.82) is 0 Å². The number of hydrogen-bond acceptors (Lipinski definition) is 2. The van der Waals surface area contributed by atoms with Crippen LogP contribution in [0.1, 0.15) is 46.2 Å². The Morgan fingerprint density at radius 2 is 1.97 bits per heavy atom. The van der Waals surface area contributed by atoms with Crippen LogP contribution < -0.4 is 5.43 Å². The number of rotatable bonds is 3. The zero-order valence-corrected chi connectivity index (χ0v) is 16.7. The lowest BCUT2D eigenvalue weighted by Crippen LogP contribution is -2.17. The highest BCUT2D eigenvalue weighted by Gasteiger charge is 2.20. The van der Waals surface area contributed by atoms with Crippen molar-refractivity contribution in [3.8, 4) is 0 Å². The van der Waals surface area contributed by atoms with Crippen molar-refractivity contribution in [3.63, 3.8) is 0 Å². The number of fused-ring (bicyclic) bond motifs is 4. The number of aryl methyl sites for hydroxylation is 2. The van der Waals surface area contributed by atoms with E-state index in [0.717, 1.165) is 45.9 Å². The Balaban J connectivity index is 1.39. The van der Waals surface area contributed by atoms with Gasteiger partial charge in [-0.15, -0.1) is 0 Å². The fraction of sp³-hybridized carbons (Fsp3) is 0.250. The molecule has 0 saturated heterocycles. The third-order valence-corrected chi connectivity index (χ3v) is 6.00. The summed E-state index contributed by atoms with van der Waals surface area (Å²) < 4.78 is 0. The molecule has 1 amide bonds. The molecule has 0 radical (unpaired) electrons. The summed E-state index contributed by atoms with van der Waals surface area (Å²) in [5.74, 6) is 0.488. The van der Waals surface area contributed by atoms with Gasteiger partial charge in [0.25, 0.3) is 5.91 Å². The molecule has 29 heavy (non-hydrogen) atoms. The predicted molar refractivity (Wildman–Crippen MR) is 118 cm³/mol. The Bertz CT molecular complexity index is 1260. The SMILES string of the molecule is Cc1[nH]c2ccccc2c1/C=N\NC(=O)c1ccc2[nH]c3c(c2c1)CC(C)CC3. The Morgan fingerprint density at radius 3 is 2.86 bits per heavy atom. The first-order valence-electron chi connectivity index (χ1n) is 10.1. The monoisotopic (exact) mass is 384 g/mol. The Kier molecular flexibility index (Phi) is 4.23. The highest BCUT2D eigenvalue weighted by atomic mass is 16.2. The first kappa shape index (κ1) is 17.7. The number of aromatic nitrogens is 2. The predicted octanol–water partition coefficient (Wildman–Crippen LogP) is 4.85. The molecule has 0 saturated carbocycles. The van der Waals surface area contributed by atoms with E-state index in [9.17, 15) is 4.79 Å². The topological polar surface area (TPSA) is 73.0 Å².